The van der Waals surface area contributed by atoms with Gasteiger partial charge in [0.05, 0.1) is 11.6 Å². The maximum Gasteiger partial charge on any atom is 0.227 e. The van der Waals surface area contributed by atoms with E-state index in [1.54, 1.807) is 12.1 Å². The molecule has 5 heteroatoms. The third-order valence-corrected chi connectivity index (χ3v) is 3.50. The smallest absolute Gasteiger partial charge is 0.227 e. The Morgan fingerprint density at radius 2 is 2.21 bits per heavy atom. The Bertz CT molecular complexity index is 445. The Morgan fingerprint density at radius 3 is 2.84 bits per heavy atom. The molecule has 1 saturated heterocycles. The van der Waals surface area contributed by atoms with Crippen molar-refractivity contribution in [1.29, 1.82) is 0 Å². The van der Waals surface area contributed by atoms with Crippen molar-refractivity contribution in [3.8, 4) is 5.75 Å². The molecule has 104 valence electrons. The molecule has 19 heavy (non-hydrogen) atoms. The Kier molecular flexibility index (Phi) is 5.05. The molecular weight excluding hydrogens is 264 g/mol. The van der Waals surface area contributed by atoms with Gasteiger partial charge in [-0.05, 0) is 51.1 Å². The number of amides is 1. The minimum absolute atomic E-state index is 0.0710. The maximum atomic E-state index is 12.1. The van der Waals surface area contributed by atoms with Crippen LogP contribution in [0.25, 0.3) is 0 Å². The van der Waals surface area contributed by atoms with Crippen molar-refractivity contribution in [2.24, 2.45) is 5.92 Å². The third kappa shape index (κ3) is 3.85. The van der Waals surface area contributed by atoms with Crippen molar-refractivity contribution in [2.75, 3.05) is 25.0 Å². The maximum absolute atomic E-state index is 12.1. The lowest BCUT2D eigenvalue weighted by Crippen LogP contribution is -2.34. The second-order valence-corrected chi connectivity index (χ2v) is 5.00. The highest BCUT2D eigenvalue weighted by Crippen LogP contribution is 2.28. The molecule has 0 unspecified atom stereocenters. The van der Waals surface area contributed by atoms with Gasteiger partial charge in [0.2, 0.25) is 5.91 Å². The summed E-state index contributed by atoms with van der Waals surface area (Å²) >= 11 is 6.09. The van der Waals surface area contributed by atoms with Crippen molar-refractivity contribution in [3.05, 3.63) is 23.2 Å². The van der Waals surface area contributed by atoms with Gasteiger partial charge < -0.3 is 15.4 Å². The van der Waals surface area contributed by atoms with Crippen LogP contribution in [-0.4, -0.2) is 25.6 Å². The van der Waals surface area contributed by atoms with E-state index in [4.69, 9.17) is 16.3 Å². The van der Waals surface area contributed by atoms with Crippen LogP contribution in [-0.2, 0) is 4.79 Å². The summed E-state index contributed by atoms with van der Waals surface area (Å²) in [5, 5.41) is 6.68. The first kappa shape index (κ1) is 14.2. The van der Waals surface area contributed by atoms with E-state index in [9.17, 15) is 4.79 Å². The SMILES string of the molecule is CCOc1ccc(NC(=O)C2CCNCC2)cc1Cl. The number of hydrogen-bond acceptors (Lipinski definition) is 3. The van der Waals surface area contributed by atoms with Gasteiger partial charge in [-0.3, -0.25) is 4.79 Å². The van der Waals surface area contributed by atoms with E-state index in [0.717, 1.165) is 31.6 Å². The van der Waals surface area contributed by atoms with Crippen LogP contribution in [0, 0.1) is 5.92 Å². The highest BCUT2D eigenvalue weighted by molar-refractivity contribution is 6.32. The van der Waals surface area contributed by atoms with Crippen LogP contribution in [0.5, 0.6) is 5.75 Å². The molecule has 1 aliphatic heterocycles. The zero-order valence-electron chi connectivity index (χ0n) is 11.0. The summed E-state index contributed by atoms with van der Waals surface area (Å²) in [6, 6.07) is 5.32. The molecule has 0 radical (unpaired) electrons. The van der Waals surface area contributed by atoms with E-state index < -0.39 is 0 Å². The highest BCUT2D eigenvalue weighted by Gasteiger charge is 2.20. The summed E-state index contributed by atoms with van der Waals surface area (Å²) in [4.78, 5) is 12.1. The van der Waals surface area contributed by atoms with E-state index in [-0.39, 0.29) is 11.8 Å². The van der Waals surface area contributed by atoms with Crippen molar-refractivity contribution < 1.29 is 9.53 Å². The molecule has 0 aromatic heterocycles. The molecule has 0 atom stereocenters. The van der Waals surface area contributed by atoms with Crippen LogP contribution in [0.4, 0.5) is 5.69 Å². The number of carbonyl (C=O) groups excluding carboxylic acids is 1. The number of benzene rings is 1. The largest absolute Gasteiger partial charge is 0.492 e. The van der Waals surface area contributed by atoms with Gasteiger partial charge in [0.1, 0.15) is 5.75 Å². The van der Waals surface area contributed by atoms with E-state index in [1.165, 1.54) is 0 Å². The number of anilines is 1. The number of nitrogens with one attached hydrogen (secondary N) is 2. The first-order valence-electron chi connectivity index (χ1n) is 6.64. The number of piperidine rings is 1. The Labute approximate surface area is 118 Å². The fourth-order valence-electron chi connectivity index (χ4n) is 2.18. The van der Waals surface area contributed by atoms with Gasteiger partial charge in [-0.1, -0.05) is 11.6 Å². The molecule has 1 aromatic carbocycles. The minimum atomic E-state index is 0.0710. The average molecular weight is 283 g/mol. The standard InChI is InChI=1S/C14H19ClN2O2/c1-2-19-13-4-3-11(9-12(13)15)17-14(18)10-5-7-16-8-6-10/h3-4,9-10,16H,2,5-8H2,1H3,(H,17,18). The quantitative estimate of drug-likeness (QED) is 0.893. The van der Waals surface area contributed by atoms with E-state index in [0.29, 0.717) is 17.4 Å². The Balaban J connectivity index is 1.98. The van der Waals surface area contributed by atoms with Crippen LogP contribution >= 0.6 is 11.6 Å². The lowest BCUT2D eigenvalue weighted by molar-refractivity contribution is -0.120. The summed E-state index contributed by atoms with van der Waals surface area (Å²) in [6.45, 7) is 4.29. The van der Waals surface area contributed by atoms with Gasteiger partial charge in [0.25, 0.3) is 0 Å². The number of rotatable bonds is 4. The topological polar surface area (TPSA) is 50.4 Å². The molecule has 4 nitrogen and oxygen atoms in total. The number of halogens is 1. The lowest BCUT2D eigenvalue weighted by atomic mass is 9.97. The number of ether oxygens (including phenoxy) is 1. The normalized spacial score (nSPS) is 16.1. The molecule has 1 heterocycles. The molecular formula is C14H19ClN2O2. The molecule has 1 aliphatic rings. The molecule has 0 bridgehead atoms. The Hall–Kier alpha value is -1.26. The van der Waals surface area contributed by atoms with Gasteiger partial charge in [-0.15, -0.1) is 0 Å². The highest BCUT2D eigenvalue weighted by atomic mass is 35.5. The molecule has 2 N–H and O–H groups in total. The second-order valence-electron chi connectivity index (χ2n) is 4.59. The summed E-state index contributed by atoms with van der Waals surface area (Å²) in [5.41, 5.74) is 0.719. The minimum Gasteiger partial charge on any atom is -0.492 e. The predicted molar refractivity (Wildman–Crippen MR) is 76.8 cm³/mol. The van der Waals surface area contributed by atoms with E-state index >= 15 is 0 Å². The average Bonchev–Trinajstić information content (AvgIpc) is 2.43. The van der Waals surface area contributed by atoms with Gasteiger partial charge in [-0.2, -0.15) is 0 Å². The van der Waals surface area contributed by atoms with Crippen LogP contribution < -0.4 is 15.4 Å². The molecule has 0 saturated carbocycles. The molecule has 1 amide bonds. The van der Waals surface area contributed by atoms with Crippen molar-refractivity contribution in [1.82, 2.24) is 5.32 Å². The second kappa shape index (κ2) is 6.78. The van der Waals surface area contributed by atoms with Crippen LogP contribution in [0.1, 0.15) is 19.8 Å². The fraction of sp³-hybridized carbons (Fsp3) is 0.500. The lowest BCUT2D eigenvalue weighted by Gasteiger charge is -2.21. The first-order valence-corrected chi connectivity index (χ1v) is 7.02. The molecule has 2 rings (SSSR count). The summed E-state index contributed by atoms with van der Waals surface area (Å²) < 4.78 is 5.36. The van der Waals surface area contributed by atoms with E-state index in [2.05, 4.69) is 10.6 Å². The van der Waals surface area contributed by atoms with E-state index in [1.807, 2.05) is 13.0 Å². The Morgan fingerprint density at radius 1 is 1.47 bits per heavy atom. The zero-order valence-corrected chi connectivity index (χ0v) is 11.8. The monoisotopic (exact) mass is 282 g/mol. The zero-order chi connectivity index (χ0) is 13.7. The summed E-state index contributed by atoms with van der Waals surface area (Å²) in [5.74, 6) is 0.803. The third-order valence-electron chi connectivity index (χ3n) is 3.21. The first-order chi connectivity index (χ1) is 9.20. The van der Waals surface area contributed by atoms with Gasteiger partial charge in [-0.25, -0.2) is 0 Å². The number of carbonyl (C=O) groups is 1. The van der Waals surface area contributed by atoms with Crippen LogP contribution in [0.3, 0.4) is 0 Å². The molecule has 1 aromatic rings. The van der Waals surface area contributed by atoms with Gasteiger partial charge in [0.15, 0.2) is 0 Å². The molecule has 0 aliphatic carbocycles. The van der Waals surface area contributed by atoms with Crippen LogP contribution in [0.2, 0.25) is 5.02 Å². The van der Waals surface area contributed by atoms with Crippen LogP contribution in [0.15, 0.2) is 18.2 Å². The van der Waals surface area contributed by atoms with Crippen molar-refractivity contribution in [2.45, 2.75) is 19.8 Å². The molecule has 0 spiro atoms. The van der Waals surface area contributed by atoms with Crippen molar-refractivity contribution in [3.63, 3.8) is 0 Å². The number of hydrogen-bond donors (Lipinski definition) is 2. The van der Waals surface area contributed by atoms with Gasteiger partial charge in [0, 0.05) is 11.6 Å². The van der Waals surface area contributed by atoms with Gasteiger partial charge >= 0.3 is 0 Å². The predicted octanol–water partition coefficient (Wildman–Crippen LogP) is 2.68. The summed E-state index contributed by atoms with van der Waals surface area (Å²) in [7, 11) is 0. The summed E-state index contributed by atoms with van der Waals surface area (Å²) in [6.07, 6.45) is 1.77. The molecule has 1 fully saturated rings. The van der Waals surface area contributed by atoms with Crippen molar-refractivity contribution >= 4 is 23.2 Å². The fourth-order valence-corrected chi connectivity index (χ4v) is 2.41.